The van der Waals surface area contributed by atoms with Crippen molar-refractivity contribution in [2.75, 3.05) is 11.4 Å². The zero-order valence-electron chi connectivity index (χ0n) is 19.1. The molecule has 3 amide bonds. The molecule has 170 valence electrons. The summed E-state index contributed by atoms with van der Waals surface area (Å²) in [6.07, 6.45) is -0.347. The van der Waals surface area contributed by atoms with Crippen molar-refractivity contribution >= 4 is 17.6 Å². The predicted octanol–water partition coefficient (Wildman–Crippen LogP) is 5.31. The molecule has 0 radical (unpaired) electrons. The van der Waals surface area contributed by atoms with Gasteiger partial charge in [-0.1, -0.05) is 92.7 Å². The van der Waals surface area contributed by atoms with Crippen LogP contribution in [0, 0.1) is 5.92 Å². The number of imide groups is 1. The smallest absolute Gasteiger partial charge is 0.331 e. The van der Waals surface area contributed by atoms with Crippen molar-refractivity contribution < 1.29 is 14.3 Å². The number of hydrogen-bond donors (Lipinski definition) is 0. The molecule has 5 nitrogen and oxygen atoms in total. The van der Waals surface area contributed by atoms with Gasteiger partial charge in [-0.15, -0.1) is 0 Å². The van der Waals surface area contributed by atoms with Gasteiger partial charge in [-0.3, -0.25) is 14.6 Å². The fourth-order valence-electron chi connectivity index (χ4n) is 4.18. The standard InChI is InChI=1S/C28H30N2O3/c1-21(2)25-19-29(24-16-10-5-11-17-24)28(32)30(25)27(31)26(18-22-12-6-3-7-13-22)33-20-23-14-8-4-9-15-23/h3-17,21,25-26H,18-20H2,1-2H3/t25-,26-/m1/s1. The minimum absolute atomic E-state index is 0.123. The molecule has 33 heavy (non-hydrogen) atoms. The molecule has 1 heterocycles. The number of urea groups is 1. The number of carbonyl (C=O) groups excluding carboxylic acids is 2. The number of rotatable bonds is 8. The molecule has 0 bridgehead atoms. The van der Waals surface area contributed by atoms with Gasteiger partial charge in [0.2, 0.25) is 0 Å². The van der Waals surface area contributed by atoms with E-state index in [4.69, 9.17) is 4.74 Å². The first kappa shape index (κ1) is 22.7. The van der Waals surface area contributed by atoms with Crippen molar-refractivity contribution in [1.82, 2.24) is 4.90 Å². The summed E-state index contributed by atoms with van der Waals surface area (Å²) in [5.41, 5.74) is 2.78. The van der Waals surface area contributed by atoms with Crippen LogP contribution in [-0.4, -0.2) is 35.5 Å². The molecule has 0 N–H and O–H groups in total. The second-order valence-electron chi connectivity index (χ2n) is 8.72. The number of benzene rings is 3. The lowest BCUT2D eigenvalue weighted by atomic mass is 10.0. The molecule has 1 aliphatic heterocycles. The molecular formula is C28H30N2O3. The van der Waals surface area contributed by atoms with Crippen molar-refractivity contribution in [3.05, 3.63) is 102 Å². The molecule has 5 heteroatoms. The minimum Gasteiger partial charge on any atom is -0.363 e. The van der Waals surface area contributed by atoms with E-state index >= 15 is 0 Å². The average Bonchev–Trinajstić information content (AvgIpc) is 3.20. The van der Waals surface area contributed by atoms with Gasteiger partial charge in [0.1, 0.15) is 6.10 Å². The summed E-state index contributed by atoms with van der Waals surface area (Å²) in [5, 5.41) is 0. The second-order valence-corrected chi connectivity index (χ2v) is 8.72. The Kier molecular flexibility index (Phi) is 7.20. The first-order valence-corrected chi connectivity index (χ1v) is 11.4. The molecule has 3 aromatic rings. The monoisotopic (exact) mass is 442 g/mol. The maximum atomic E-state index is 13.8. The maximum Gasteiger partial charge on any atom is 0.331 e. The zero-order valence-corrected chi connectivity index (χ0v) is 19.1. The number of hydrogen-bond acceptors (Lipinski definition) is 3. The molecule has 3 aromatic carbocycles. The highest BCUT2D eigenvalue weighted by Crippen LogP contribution is 2.29. The van der Waals surface area contributed by atoms with Gasteiger partial charge in [-0.25, -0.2) is 4.79 Å². The molecule has 2 atom stereocenters. The summed E-state index contributed by atoms with van der Waals surface area (Å²) in [4.78, 5) is 30.4. The first-order valence-electron chi connectivity index (χ1n) is 11.4. The molecule has 0 aromatic heterocycles. The Morgan fingerprint density at radius 1 is 0.879 bits per heavy atom. The third kappa shape index (κ3) is 5.32. The van der Waals surface area contributed by atoms with Crippen LogP contribution in [0.3, 0.4) is 0 Å². The molecule has 1 saturated heterocycles. The fourth-order valence-corrected chi connectivity index (χ4v) is 4.18. The number of para-hydroxylation sites is 1. The second kappa shape index (κ2) is 10.5. The van der Waals surface area contributed by atoms with Crippen LogP contribution in [0.4, 0.5) is 10.5 Å². The molecule has 4 rings (SSSR count). The van der Waals surface area contributed by atoms with Crippen LogP contribution >= 0.6 is 0 Å². The van der Waals surface area contributed by atoms with E-state index in [1.54, 1.807) is 4.90 Å². The Labute approximate surface area is 195 Å². The predicted molar refractivity (Wildman–Crippen MR) is 130 cm³/mol. The lowest BCUT2D eigenvalue weighted by Gasteiger charge is -2.28. The van der Waals surface area contributed by atoms with E-state index < -0.39 is 6.10 Å². The largest absolute Gasteiger partial charge is 0.363 e. The zero-order chi connectivity index (χ0) is 23.2. The molecule has 0 unspecified atom stereocenters. The highest BCUT2D eigenvalue weighted by atomic mass is 16.5. The summed E-state index contributed by atoms with van der Waals surface area (Å²) in [6, 6.07) is 28.6. The lowest BCUT2D eigenvalue weighted by Crippen LogP contribution is -2.48. The molecule has 1 aliphatic rings. The third-order valence-corrected chi connectivity index (χ3v) is 6.05. The van der Waals surface area contributed by atoms with Gasteiger partial charge in [0.25, 0.3) is 5.91 Å². The minimum atomic E-state index is -0.756. The van der Waals surface area contributed by atoms with E-state index in [0.717, 1.165) is 16.8 Å². The summed E-state index contributed by atoms with van der Waals surface area (Å²) >= 11 is 0. The number of carbonyl (C=O) groups is 2. The molecule has 0 aliphatic carbocycles. The van der Waals surface area contributed by atoms with Gasteiger partial charge >= 0.3 is 6.03 Å². The molecule has 0 saturated carbocycles. The topological polar surface area (TPSA) is 49.9 Å². The first-order chi connectivity index (χ1) is 16.0. The Hall–Kier alpha value is -3.44. The Morgan fingerprint density at radius 3 is 2.00 bits per heavy atom. The normalized spacial score (nSPS) is 16.9. The van der Waals surface area contributed by atoms with E-state index in [0.29, 0.717) is 19.6 Å². The number of amides is 3. The van der Waals surface area contributed by atoms with Gasteiger partial charge in [0, 0.05) is 18.7 Å². The summed E-state index contributed by atoms with van der Waals surface area (Å²) in [7, 11) is 0. The van der Waals surface area contributed by atoms with Crippen molar-refractivity contribution in [1.29, 1.82) is 0 Å². The number of anilines is 1. The molecule has 1 fully saturated rings. The van der Waals surface area contributed by atoms with Crippen LogP contribution in [0.1, 0.15) is 25.0 Å². The van der Waals surface area contributed by atoms with Crippen LogP contribution in [-0.2, 0) is 22.6 Å². The Balaban J connectivity index is 1.60. The third-order valence-electron chi connectivity index (χ3n) is 6.05. The summed E-state index contributed by atoms with van der Waals surface area (Å²) < 4.78 is 6.16. The fraction of sp³-hybridized carbons (Fsp3) is 0.286. The highest BCUT2D eigenvalue weighted by Gasteiger charge is 2.45. The van der Waals surface area contributed by atoms with Gasteiger partial charge < -0.3 is 4.74 Å². The Bertz CT molecular complexity index is 1050. The SMILES string of the molecule is CC(C)[C@H]1CN(c2ccccc2)C(=O)N1C(=O)[C@@H](Cc1ccccc1)OCc1ccccc1. The van der Waals surface area contributed by atoms with Crippen molar-refractivity contribution in [3.63, 3.8) is 0 Å². The van der Waals surface area contributed by atoms with E-state index in [1.165, 1.54) is 4.90 Å². The molecule has 0 spiro atoms. The van der Waals surface area contributed by atoms with Crippen LogP contribution < -0.4 is 4.90 Å². The maximum absolute atomic E-state index is 13.8. The summed E-state index contributed by atoms with van der Waals surface area (Å²) in [5.74, 6) is -0.157. The van der Waals surface area contributed by atoms with E-state index in [-0.39, 0.29) is 23.9 Å². The number of ether oxygens (including phenoxy) is 1. The van der Waals surface area contributed by atoms with E-state index in [2.05, 4.69) is 0 Å². The lowest BCUT2D eigenvalue weighted by molar-refractivity contribution is -0.143. The van der Waals surface area contributed by atoms with E-state index in [9.17, 15) is 9.59 Å². The van der Waals surface area contributed by atoms with Gasteiger partial charge in [0.05, 0.1) is 12.6 Å². The van der Waals surface area contributed by atoms with Gasteiger partial charge in [-0.2, -0.15) is 0 Å². The summed E-state index contributed by atoms with van der Waals surface area (Å²) in [6.45, 7) is 4.87. The quantitative estimate of drug-likeness (QED) is 0.475. The van der Waals surface area contributed by atoms with Crippen LogP contribution in [0.5, 0.6) is 0 Å². The van der Waals surface area contributed by atoms with Crippen LogP contribution in [0.15, 0.2) is 91.0 Å². The van der Waals surface area contributed by atoms with Crippen LogP contribution in [0.25, 0.3) is 0 Å². The Morgan fingerprint density at radius 2 is 1.42 bits per heavy atom. The van der Waals surface area contributed by atoms with Gasteiger partial charge in [-0.05, 0) is 29.2 Å². The average molecular weight is 443 g/mol. The van der Waals surface area contributed by atoms with Crippen molar-refractivity contribution in [2.45, 2.75) is 39.0 Å². The van der Waals surface area contributed by atoms with Crippen molar-refractivity contribution in [3.8, 4) is 0 Å². The van der Waals surface area contributed by atoms with E-state index in [1.807, 2.05) is 105 Å². The van der Waals surface area contributed by atoms with Gasteiger partial charge in [0.15, 0.2) is 0 Å². The van der Waals surface area contributed by atoms with Crippen molar-refractivity contribution in [2.24, 2.45) is 5.92 Å². The van der Waals surface area contributed by atoms with Crippen LogP contribution in [0.2, 0.25) is 0 Å². The number of nitrogens with zero attached hydrogens (tertiary/aromatic N) is 2. The highest BCUT2D eigenvalue weighted by molar-refractivity contribution is 6.06. The molecular weight excluding hydrogens is 412 g/mol.